The van der Waals surface area contributed by atoms with Gasteiger partial charge in [0.1, 0.15) is 11.9 Å². The van der Waals surface area contributed by atoms with E-state index in [1.54, 1.807) is 6.20 Å². The van der Waals surface area contributed by atoms with Crippen LogP contribution in [0.2, 0.25) is 0 Å². The maximum atomic E-state index is 11.0. The van der Waals surface area contributed by atoms with E-state index in [9.17, 15) is 4.79 Å². The molecular formula is C21H29N7O2. The van der Waals surface area contributed by atoms with Gasteiger partial charge in [0.15, 0.2) is 0 Å². The van der Waals surface area contributed by atoms with E-state index in [4.69, 9.17) is 10.5 Å². The Balaban J connectivity index is 1.37. The van der Waals surface area contributed by atoms with Gasteiger partial charge in [0.25, 0.3) is 0 Å². The predicted octanol–water partition coefficient (Wildman–Crippen LogP) is 2.25. The molecule has 1 saturated carbocycles. The molecular weight excluding hydrogens is 382 g/mol. The standard InChI is InChI=1S/C21H29N7O2/c1-28-10-7-16(8-11-28)30-19-5-4-15(12-24-19)26-21-25-13-17(14-2-3-14)20(27-21)23-9-6-18(22)29/h4-5,12-14,16H,2-3,6-11H2,1H3,(H2,22,29)(H2,23,25,26,27). The summed E-state index contributed by atoms with van der Waals surface area (Å²) in [7, 11) is 2.13. The Kier molecular flexibility index (Phi) is 6.27. The topological polar surface area (TPSA) is 118 Å². The molecule has 1 saturated heterocycles. The Bertz CT molecular complexity index is 862. The number of nitrogens with zero attached hydrogens (tertiary/aromatic N) is 4. The first-order valence-corrected chi connectivity index (χ1v) is 10.5. The largest absolute Gasteiger partial charge is 0.474 e. The van der Waals surface area contributed by atoms with Crippen LogP contribution < -0.4 is 21.1 Å². The Morgan fingerprint density at radius 3 is 2.67 bits per heavy atom. The maximum absolute atomic E-state index is 11.0. The molecule has 0 atom stereocenters. The van der Waals surface area contributed by atoms with Crippen molar-refractivity contribution < 1.29 is 9.53 Å². The maximum Gasteiger partial charge on any atom is 0.229 e. The first-order valence-electron chi connectivity index (χ1n) is 10.5. The lowest BCUT2D eigenvalue weighted by molar-refractivity contribution is -0.117. The lowest BCUT2D eigenvalue weighted by atomic mass is 10.1. The number of anilines is 3. The lowest BCUT2D eigenvalue weighted by Crippen LogP contribution is -2.35. The molecule has 0 aromatic carbocycles. The zero-order chi connectivity index (χ0) is 20.9. The number of nitrogens with one attached hydrogen (secondary N) is 2. The highest BCUT2D eigenvalue weighted by Gasteiger charge is 2.27. The smallest absolute Gasteiger partial charge is 0.229 e. The molecule has 2 aromatic heterocycles. The summed E-state index contributed by atoms with van der Waals surface area (Å²) in [5.74, 6) is 2.02. The fourth-order valence-electron chi connectivity index (χ4n) is 3.52. The van der Waals surface area contributed by atoms with E-state index in [0.717, 1.165) is 55.8 Å². The highest BCUT2D eigenvalue weighted by molar-refractivity contribution is 5.74. The van der Waals surface area contributed by atoms with E-state index < -0.39 is 0 Å². The summed E-state index contributed by atoms with van der Waals surface area (Å²) in [5, 5.41) is 6.41. The summed E-state index contributed by atoms with van der Waals surface area (Å²) < 4.78 is 6.00. The number of ether oxygens (including phenoxy) is 1. The van der Waals surface area contributed by atoms with Crippen molar-refractivity contribution >= 4 is 23.4 Å². The third-order valence-corrected chi connectivity index (χ3v) is 5.44. The quantitative estimate of drug-likeness (QED) is 0.575. The molecule has 1 amide bonds. The molecule has 0 radical (unpaired) electrons. The molecule has 1 aliphatic carbocycles. The SMILES string of the molecule is CN1CCC(Oc2ccc(Nc3ncc(C4CC4)c(NCCC(N)=O)n3)cn2)CC1. The van der Waals surface area contributed by atoms with Gasteiger partial charge in [-0.3, -0.25) is 4.79 Å². The van der Waals surface area contributed by atoms with E-state index in [-0.39, 0.29) is 18.4 Å². The van der Waals surface area contributed by atoms with Crippen molar-refractivity contribution in [3.8, 4) is 5.88 Å². The Morgan fingerprint density at radius 1 is 1.20 bits per heavy atom. The number of amides is 1. The average Bonchev–Trinajstić information content (AvgIpc) is 3.56. The fourth-order valence-corrected chi connectivity index (χ4v) is 3.52. The lowest BCUT2D eigenvalue weighted by Gasteiger charge is -2.28. The minimum atomic E-state index is -0.337. The minimum absolute atomic E-state index is 0.222. The monoisotopic (exact) mass is 411 g/mol. The van der Waals surface area contributed by atoms with Crippen molar-refractivity contribution in [2.24, 2.45) is 5.73 Å². The second-order valence-electron chi connectivity index (χ2n) is 8.05. The predicted molar refractivity (Wildman–Crippen MR) is 115 cm³/mol. The van der Waals surface area contributed by atoms with Crippen LogP contribution in [0, 0.1) is 0 Å². The molecule has 3 heterocycles. The van der Waals surface area contributed by atoms with Crippen molar-refractivity contribution in [1.82, 2.24) is 19.9 Å². The van der Waals surface area contributed by atoms with Crippen molar-refractivity contribution in [3.05, 3.63) is 30.1 Å². The summed E-state index contributed by atoms with van der Waals surface area (Å²) in [5.41, 5.74) is 7.11. The van der Waals surface area contributed by atoms with Crippen LogP contribution in [-0.4, -0.2) is 58.5 Å². The highest BCUT2D eigenvalue weighted by atomic mass is 16.5. The van der Waals surface area contributed by atoms with Gasteiger partial charge >= 0.3 is 0 Å². The van der Waals surface area contributed by atoms with Gasteiger partial charge in [-0.2, -0.15) is 4.98 Å². The molecule has 30 heavy (non-hydrogen) atoms. The molecule has 9 heteroatoms. The van der Waals surface area contributed by atoms with Gasteiger partial charge in [-0.25, -0.2) is 9.97 Å². The number of pyridine rings is 1. The summed E-state index contributed by atoms with van der Waals surface area (Å²) in [4.78, 5) is 26.8. The van der Waals surface area contributed by atoms with E-state index in [1.165, 1.54) is 0 Å². The van der Waals surface area contributed by atoms with Crippen LogP contribution in [0.4, 0.5) is 17.5 Å². The van der Waals surface area contributed by atoms with Crippen molar-refractivity contribution in [1.29, 1.82) is 0 Å². The number of hydrogen-bond acceptors (Lipinski definition) is 8. The Hall–Kier alpha value is -2.94. The minimum Gasteiger partial charge on any atom is -0.474 e. The van der Waals surface area contributed by atoms with E-state index in [2.05, 4.69) is 37.5 Å². The van der Waals surface area contributed by atoms with Gasteiger partial charge in [0.05, 0.1) is 11.9 Å². The number of primary amides is 1. The van der Waals surface area contributed by atoms with E-state index >= 15 is 0 Å². The number of rotatable bonds is 9. The number of hydrogen-bond donors (Lipinski definition) is 3. The zero-order valence-electron chi connectivity index (χ0n) is 17.3. The summed E-state index contributed by atoms with van der Waals surface area (Å²) in [6, 6.07) is 3.78. The van der Waals surface area contributed by atoms with Gasteiger partial charge in [0, 0.05) is 43.9 Å². The molecule has 2 aromatic rings. The number of likely N-dealkylation sites (tertiary alicyclic amines) is 1. The van der Waals surface area contributed by atoms with Gasteiger partial charge in [-0.1, -0.05) is 0 Å². The number of carbonyl (C=O) groups excluding carboxylic acids is 1. The first-order chi connectivity index (χ1) is 14.6. The van der Waals surface area contributed by atoms with Crippen molar-refractivity contribution in [2.45, 2.75) is 44.1 Å². The van der Waals surface area contributed by atoms with Gasteiger partial charge in [-0.05, 0) is 44.7 Å². The molecule has 0 unspecified atom stereocenters. The zero-order valence-corrected chi connectivity index (χ0v) is 17.3. The van der Waals surface area contributed by atoms with Gasteiger partial charge in [-0.15, -0.1) is 0 Å². The van der Waals surface area contributed by atoms with Crippen molar-refractivity contribution in [3.63, 3.8) is 0 Å². The van der Waals surface area contributed by atoms with Crippen LogP contribution in [0.25, 0.3) is 0 Å². The number of aromatic nitrogens is 3. The second kappa shape index (κ2) is 9.25. The molecule has 0 bridgehead atoms. The van der Waals surface area contributed by atoms with Gasteiger partial charge < -0.3 is 26.0 Å². The Morgan fingerprint density at radius 2 is 2.00 bits per heavy atom. The van der Waals surface area contributed by atoms with Crippen LogP contribution in [0.1, 0.15) is 43.6 Å². The van der Waals surface area contributed by atoms with Crippen molar-refractivity contribution in [2.75, 3.05) is 37.3 Å². The van der Waals surface area contributed by atoms with Crippen LogP contribution in [0.3, 0.4) is 0 Å². The number of piperidine rings is 1. The van der Waals surface area contributed by atoms with E-state index in [0.29, 0.717) is 24.3 Å². The Labute approximate surface area is 176 Å². The first kappa shape index (κ1) is 20.3. The molecule has 4 rings (SSSR count). The third kappa shape index (κ3) is 5.56. The molecule has 0 spiro atoms. The molecule has 9 nitrogen and oxygen atoms in total. The number of carbonyl (C=O) groups is 1. The van der Waals surface area contributed by atoms with Crippen LogP contribution in [0.15, 0.2) is 24.5 Å². The van der Waals surface area contributed by atoms with Gasteiger partial charge in [0.2, 0.25) is 17.7 Å². The van der Waals surface area contributed by atoms with Crippen LogP contribution in [0.5, 0.6) is 5.88 Å². The summed E-state index contributed by atoms with van der Waals surface area (Å²) >= 11 is 0. The summed E-state index contributed by atoms with van der Waals surface area (Å²) in [6.07, 6.45) is 8.38. The third-order valence-electron chi connectivity index (χ3n) is 5.44. The fraction of sp³-hybridized carbons (Fsp3) is 0.524. The molecule has 1 aliphatic heterocycles. The average molecular weight is 412 g/mol. The molecule has 4 N–H and O–H groups in total. The highest BCUT2D eigenvalue weighted by Crippen LogP contribution is 2.42. The van der Waals surface area contributed by atoms with Crippen LogP contribution >= 0.6 is 0 Å². The molecule has 2 aliphatic rings. The second-order valence-corrected chi connectivity index (χ2v) is 8.05. The van der Waals surface area contributed by atoms with Crippen LogP contribution in [-0.2, 0) is 4.79 Å². The molecule has 160 valence electrons. The molecule has 2 fully saturated rings. The normalized spacial score (nSPS) is 17.5. The number of nitrogens with two attached hydrogens (primary N) is 1. The van der Waals surface area contributed by atoms with E-state index in [1.807, 2.05) is 18.3 Å². The summed E-state index contributed by atoms with van der Waals surface area (Å²) in [6.45, 7) is 2.55.